The van der Waals surface area contributed by atoms with Gasteiger partial charge >= 0.3 is 0 Å². The van der Waals surface area contributed by atoms with E-state index in [1.54, 1.807) is 0 Å². The summed E-state index contributed by atoms with van der Waals surface area (Å²) in [5.41, 5.74) is 5.59. The highest BCUT2D eigenvalue weighted by atomic mass is 16.3. The number of likely N-dealkylation sites (tertiary alicyclic amines) is 1. The highest BCUT2D eigenvalue weighted by Gasteiger charge is 2.50. The molecule has 2 aliphatic heterocycles. The molecule has 7 nitrogen and oxygen atoms in total. The molecule has 1 aromatic carbocycles. The Bertz CT molecular complexity index is 1250. The largest absolute Gasteiger partial charge is 0.381 e. The van der Waals surface area contributed by atoms with Crippen LogP contribution in [0.25, 0.3) is 22.2 Å². The minimum atomic E-state index is -0.991. The van der Waals surface area contributed by atoms with Crippen molar-refractivity contribution < 1.29 is 9.90 Å². The quantitative estimate of drug-likeness (QED) is 0.680. The first-order valence-electron chi connectivity index (χ1n) is 11.0. The number of aryl methyl sites for hydroxylation is 1. The Balaban J connectivity index is 1.32. The molecular weight excluding hydrogens is 390 g/mol. The average Bonchev–Trinajstić information content (AvgIpc) is 3.50. The molecule has 2 atom stereocenters. The lowest BCUT2D eigenvalue weighted by atomic mass is 9.82. The Kier molecular flexibility index (Phi) is 3.99. The van der Waals surface area contributed by atoms with Gasteiger partial charge in [0.15, 0.2) is 6.10 Å². The predicted molar refractivity (Wildman–Crippen MR) is 117 cm³/mol. The van der Waals surface area contributed by atoms with Crippen LogP contribution in [0.15, 0.2) is 54.0 Å². The lowest BCUT2D eigenvalue weighted by molar-refractivity contribution is -0.126. The highest BCUT2D eigenvalue weighted by molar-refractivity contribution is 6.07. The molecule has 158 valence electrons. The zero-order valence-corrected chi connectivity index (χ0v) is 17.5. The zero-order valence-electron chi connectivity index (χ0n) is 17.5. The topological polar surface area (TPSA) is 83.3 Å². The van der Waals surface area contributed by atoms with Gasteiger partial charge in [0.2, 0.25) is 5.78 Å². The van der Waals surface area contributed by atoms with E-state index >= 15 is 0 Å². The number of rotatable bonds is 4. The van der Waals surface area contributed by atoms with Crippen LogP contribution in [0.2, 0.25) is 0 Å². The van der Waals surface area contributed by atoms with Crippen molar-refractivity contribution in [3.8, 4) is 11.3 Å². The van der Waals surface area contributed by atoms with Crippen LogP contribution in [0.1, 0.15) is 25.5 Å². The van der Waals surface area contributed by atoms with Crippen LogP contribution in [0, 0.1) is 0 Å². The number of nitrogens with zero attached hydrogens (tertiary/aromatic N) is 4. The Morgan fingerprint density at radius 2 is 2.06 bits per heavy atom. The number of aliphatic hydroxyl groups excluding tert-OH is 1. The molecule has 0 radical (unpaired) electrons. The number of carbonyl (C=O) groups excluding carboxylic acids is 1. The van der Waals surface area contributed by atoms with Crippen LogP contribution in [0.5, 0.6) is 0 Å². The predicted octanol–water partition coefficient (Wildman–Crippen LogP) is 2.21. The maximum Gasteiger partial charge on any atom is 0.215 e. The van der Waals surface area contributed by atoms with Crippen molar-refractivity contribution in [1.29, 1.82) is 0 Å². The van der Waals surface area contributed by atoms with E-state index in [-0.39, 0.29) is 11.2 Å². The summed E-state index contributed by atoms with van der Waals surface area (Å²) in [4.78, 5) is 18.9. The van der Waals surface area contributed by atoms with E-state index in [0.29, 0.717) is 12.2 Å². The number of Topliss-reactive ketones (excluding diaryl/α,β-unsaturated/α-hetero) is 1. The number of likely N-dealkylation sites (N-methyl/N-ethyl adjacent to an activating group) is 1. The molecule has 1 aliphatic carbocycles. The summed E-state index contributed by atoms with van der Waals surface area (Å²) < 4.78 is 2.13. The smallest absolute Gasteiger partial charge is 0.215 e. The van der Waals surface area contributed by atoms with Crippen molar-refractivity contribution in [3.63, 3.8) is 0 Å². The minimum Gasteiger partial charge on any atom is -0.381 e. The van der Waals surface area contributed by atoms with E-state index < -0.39 is 6.10 Å². The highest BCUT2D eigenvalue weighted by Crippen LogP contribution is 2.46. The monoisotopic (exact) mass is 415 g/mol. The van der Waals surface area contributed by atoms with Gasteiger partial charge in [-0.2, -0.15) is 5.10 Å². The van der Waals surface area contributed by atoms with Crippen LogP contribution >= 0.6 is 0 Å². The number of carbonyl (C=O) groups is 1. The third-order valence-electron chi connectivity index (χ3n) is 7.07. The third-order valence-corrected chi connectivity index (χ3v) is 7.07. The number of aromatic nitrogens is 3. The summed E-state index contributed by atoms with van der Waals surface area (Å²) in [6.07, 6.45) is 2.95. The number of benzene rings is 1. The van der Waals surface area contributed by atoms with Crippen molar-refractivity contribution >= 4 is 16.7 Å². The van der Waals surface area contributed by atoms with Crippen molar-refractivity contribution in [2.45, 2.75) is 37.8 Å². The molecular formula is C24H25N5O2. The maximum absolute atomic E-state index is 12.1. The molecule has 2 unspecified atom stereocenters. The third kappa shape index (κ3) is 2.66. The number of hydrogen-bond donors (Lipinski definition) is 2. The van der Waals surface area contributed by atoms with Gasteiger partial charge in [0.05, 0.1) is 16.9 Å². The van der Waals surface area contributed by atoms with E-state index in [4.69, 9.17) is 5.10 Å². The molecule has 2 N–H and O–H groups in total. The average molecular weight is 415 g/mol. The zero-order chi connectivity index (χ0) is 21.2. The second-order valence-corrected chi connectivity index (χ2v) is 8.81. The van der Waals surface area contributed by atoms with Crippen molar-refractivity contribution in [2.75, 3.05) is 19.6 Å². The molecule has 0 saturated carbocycles. The van der Waals surface area contributed by atoms with Gasteiger partial charge in [0, 0.05) is 54.4 Å². The molecule has 1 fully saturated rings. The summed E-state index contributed by atoms with van der Waals surface area (Å²) in [5, 5.41) is 19.4. The molecule has 6 rings (SSSR count). The second kappa shape index (κ2) is 6.65. The first-order chi connectivity index (χ1) is 15.1. The molecule has 31 heavy (non-hydrogen) atoms. The fourth-order valence-corrected chi connectivity index (χ4v) is 5.44. The Morgan fingerprint density at radius 3 is 2.94 bits per heavy atom. The number of fused-ring (bicyclic) bond motifs is 3. The maximum atomic E-state index is 12.1. The summed E-state index contributed by atoms with van der Waals surface area (Å²) in [6, 6.07) is 12.5. The lowest BCUT2D eigenvalue weighted by Crippen LogP contribution is -2.49. The summed E-state index contributed by atoms with van der Waals surface area (Å²) in [6.45, 7) is 5.18. The molecule has 0 bridgehead atoms. The number of aliphatic hydroxyl groups is 1. The Morgan fingerprint density at radius 1 is 1.23 bits per heavy atom. The first-order valence-corrected chi connectivity index (χ1v) is 11.0. The minimum absolute atomic E-state index is 0.0121. The SMILES string of the molecule is CCNC1=C(N2CCC3(CCn4nc(-c5cnc6ccccc6c5)cc43)C2)C(O)C1=O. The number of nitrogens with one attached hydrogen (secondary N) is 1. The van der Waals surface area contributed by atoms with Crippen molar-refractivity contribution in [1.82, 2.24) is 25.0 Å². The Hall–Kier alpha value is -3.19. The normalized spacial score (nSPS) is 24.9. The molecule has 2 aromatic heterocycles. The van der Waals surface area contributed by atoms with Crippen molar-refractivity contribution in [2.24, 2.45) is 0 Å². The number of ketones is 1. The second-order valence-electron chi connectivity index (χ2n) is 8.81. The van der Waals surface area contributed by atoms with Gasteiger partial charge in [-0.05, 0) is 38.0 Å². The van der Waals surface area contributed by atoms with Crippen LogP contribution < -0.4 is 5.32 Å². The standard InChI is InChI=1S/C24H25N5O2/c1-2-25-20-21(23(31)22(20)30)28-9-7-24(14-28)8-10-29-19(24)12-18(27-29)16-11-15-5-3-4-6-17(15)26-13-16/h3-6,11-13,23,25,31H,2,7-10,14H2,1H3. The van der Waals surface area contributed by atoms with E-state index in [0.717, 1.165) is 60.3 Å². The summed E-state index contributed by atoms with van der Waals surface area (Å²) >= 11 is 0. The van der Waals surface area contributed by atoms with Crippen LogP contribution in [-0.4, -0.2) is 56.3 Å². The molecule has 3 aromatic rings. The molecule has 0 amide bonds. The molecule has 1 saturated heterocycles. The van der Waals surface area contributed by atoms with E-state index in [9.17, 15) is 9.90 Å². The van der Waals surface area contributed by atoms with Gasteiger partial charge in [-0.1, -0.05) is 18.2 Å². The molecule has 7 heteroatoms. The van der Waals surface area contributed by atoms with Gasteiger partial charge in [-0.15, -0.1) is 0 Å². The lowest BCUT2D eigenvalue weighted by Gasteiger charge is -2.36. The van der Waals surface area contributed by atoms with Crippen LogP contribution in [0.3, 0.4) is 0 Å². The van der Waals surface area contributed by atoms with E-state index in [2.05, 4.69) is 38.1 Å². The fourth-order valence-electron chi connectivity index (χ4n) is 5.44. The van der Waals surface area contributed by atoms with Gasteiger partial charge in [0.25, 0.3) is 0 Å². The van der Waals surface area contributed by atoms with E-state index in [1.165, 1.54) is 5.69 Å². The van der Waals surface area contributed by atoms with Gasteiger partial charge in [-0.3, -0.25) is 14.5 Å². The summed E-state index contributed by atoms with van der Waals surface area (Å²) in [7, 11) is 0. The molecule has 1 spiro atoms. The van der Waals surface area contributed by atoms with Gasteiger partial charge in [0.1, 0.15) is 5.70 Å². The number of pyridine rings is 1. The van der Waals surface area contributed by atoms with Crippen molar-refractivity contribution in [3.05, 3.63) is 59.7 Å². The van der Waals surface area contributed by atoms with E-state index in [1.807, 2.05) is 31.3 Å². The number of para-hydroxylation sites is 1. The number of hydrogen-bond acceptors (Lipinski definition) is 6. The van der Waals surface area contributed by atoms with Gasteiger partial charge < -0.3 is 15.3 Å². The van der Waals surface area contributed by atoms with Crippen LogP contribution in [-0.2, 0) is 16.8 Å². The van der Waals surface area contributed by atoms with Crippen LogP contribution in [0.4, 0.5) is 0 Å². The Labute approximate surface area is 180 Å². The fraction of sp³-hybridized carbons (Fsp3) is 0.375. The molecule has 3 aliphatic rings. The first kappa shape index (κ1) is 18.6. The van der Waals surface area contributed by atoms with Gasteiger partial charge in [-0.25, -0.2) is 0 Å². The summed E-state index contributed by atoms with van der Waals surface area (Å²) in [5.74, 6) is -0.194. The molecule has 4 heterocycles.